The number of ether oxygens (including phenoxy) is 1. The fourth-order valence-electron chi connectivity index (χ4n) is 2.20. The lowest BCUT2D eigenvalue weighted by Gasteiger charge is -2.23. The maximum atomic E-state index is 12.7. The van der Waals surface area contributed by atoms with E-state index < -0.39 is 0 Å². The van der Waals surface area contributed by atoms with Crippen molar-refractivity contribution in [3.8, 4) is 5.75 Å². The molecule has 4 heteroatoms. The summed E-state index contributed by atoms with van der Waals surface area (Å²) in [5.41, 5.74) is 0.730. The SMILES string of the molecule is COc1ccc(C(=O)N(CCC(C)C)C2CC2)cc1Br. The molecule has 1 aromatic carbocycles. The van der Waals surface area contributed by atoms with Gasteiger partial charge in [-0.25, -0.2) is 0 Å². The first-order chi connectivity index (χ1) is 9.52. The van der Waals surface area contributed by atoms with E-state index in [9.17, 15) is 4.79 Å². The zero-order valence-electron chi connectivity index (χ0n) is 12.4. The standard InChI is InChI=1S/C16H22BrNO2/c1-11(2)8-9-18(13-5-6-13)16(19)12-4-7-15(20-3)14(17)10-12/h4,7,10-11,13H,5-6,8-9H2,1-3H3. The average Bonchev–Trinajstić information content (AvgIpc) is 3.23. The number of halogens is 1. The fourth-order valence-corrected chi connectivity index (χ4v) is 2.74. The predicted molar refractivity (Wildman–Crippen MR) is 84.2 cm³/mol. The first-order valence-corrected chi connectivity index (χ1v) is 7.96. The Morgan fingerprint density at radius 1 is 1.45 bits per heavy atom. The number of hydrogen-bond donors (Lipinski definition) is 0. The number of carbonyl (C=O) groups excluding carboxylic acids is 1. The molecule has 1 aliphatic rings. The molecule has 0 saturated heterocycles. The van der Waals surface area contributed by atoms with E-state index in [1.165, 1.54) is 0 Å². The maximum absolute atomic E-state index is 12.7. The Balaban J connectivity index is 2.12. The van der Waals surface area contributed by atoms with Crippen molar-refractivity contribution < 1.29 is 9.53 Å². The van der Waals surface area contributed by atoms with Crippen LogP contribution in [0, 0.1) is 5.92 Å². The lowest BCUT2D eigenvalue weighted by Crippen LogP contribution is -2.34. The average molecular weight is 340 g/mol. The van der Waals surface area contributed by atoms with Crippen LogP contribution in [0.3, 0.4) is 0 Å². The molecule has 1 fully saturated rings. The van der Waals surface area contributed by atoms with E-state index in [0.29, 0.717) is 12.0 Å². The van der Waals surface area contributed by atoms with Crippen molar-refractivity contribution >= 4 is 21.8 Å². The summed E-state index contributed by atoms with van der Waals surface area (Å²) in [4.78, 5) is 14.7. The van der Waals surface area contributed by atoms with Crippen LogP contribution in [0.1, 0.15) is 43.5 Å². The zero-order valence-corrected chi connectivity index (χ0v) is 13.9. The van der Waals surface area contributed by atoms with Crippen LogP contribution in [0.4, 0.5) is 0 Å². The molecule has 1 amide bonds. The third-order valence-electron chi connectivity index (χ3n) is 3.59. The summed E-state index contributed by atoms with van der Waals surface area (Å²) in [6.45, 7) is 5.24. The Hall–Kier alpha value is -1.03. The number of rotatable bonds is 6. The van der Waals surface area contributed by atoms with Crippen LogP contribution in [0.15, 0.2) is 22.7 Å². The van der Waals surface area contributed by atoms with Crippen LogP contribution in [-0.2, 0) is 0 Å². The first kappa shape index (κ1) is 15.4. The van der Waals surface area contributed by atoms with Crippen molar-refractivity contribution in [2.75, 3.05) is 13.7 Å². The smallest absolute Gasteiger partial charge is 0.254 e. The zero-order chi connectivity index (χ0) is 14.7. The van der Waals surface area contributed by atoms with Gasteiger partial charge in [0, 0.05) is 18.2 Å². The Bertz CT molecular complexity index is 483. The minimum absolute atomic E-state index is 0.136. The quantitative estimate of drug-likeness (QED) is 0.780. The Labute approximate surface area is 129 Å². The number of hydrogen-bond acceptors (Lipinski definition) is 2. The van der Waals surface area contributed by atoms with Crippen molar-refractivity contribution in [3.63, 3.8) is 0 Å². The van der Waals surface area contributed by atoms with Gasteiger partial charge < -0.3 is 9.64 Å². The van der Waals surface area contributed by atoms with Crippen LogP contribution in [0.5, 0.6) is 5.75 Å². The fraction of sp³-hybridized carbons (Fsp3) is 0.562. The summed E-state index contributed by atoms with van der Waals surface area (Å²) in [6.07, 6.45) is 3.34. The molecule has 0 bridgehead atoms. The van der Waals surface area contributed by atoms with Crippen LogP contribution in [0.25, 0.3) is 0 Å². The number of methoxy groups -OCH3 is 1. The van der Waals surface area contributed by atoms with Crippen LogP contribution >= 0.6 is 15.9 Å². The highest BCUT2D eigenvalue weighted by atomic mass is 79.9. The monoisotopic (exact) mass is 339 g/mol. The molecule has 1 saturated carbocycles. The van der Waals surface area contributed by atoms with Gasteiger partial charge in [-0.05, 0) is 59.3 Å². The first-order valence-electron chi connectivity index (χ1n) is 7.17. The topological polar surface area (TPSA) is 29.5 Å². The molecule has 0 heterocycles. The second-order valence-corrected chi connectivity index (χ2v) is 6.62. The maximum Gasteiger partial charge on any atom is 0.254 e. The Morgan fingerprint density at radius 2 is 2.15 bits per heavy atom. The molecule has 1 aliphatic carbocycles. The molecule has 20 heavy (non-hydrogen) atoms. The summed E-state index contributed by atoms with van der Waals surface area (Å²) in [5, 5.41) is 0. The highest BCUT2D eigenvalue weighted by Crippen LogP contribution is 2.31. The molecule has 2 rings (SSSR count). The van der Waals surface area contributed by atoms with Gasteiger partial charge in [-0.2, -0.15) is 0 Å². The van der Waals surface area contributed by atoms with Gasteiger partial charge in [-0.15, -0.1) is 0 Å². The van der Waals surface area contributed by atoms with E-state index in [0.717, 1.165) is 41.6 Å². The highest BCUT2D eigenvalue weighted by molar-refractivity contribution is 9.10. The van der Waals surface area contributed by atoms with Crippen molar-refractivity contribution in [2.24, 2.45) is 5.92 Å². The summed E-state index contributed by atoms with van der Waals surface area (Å²) >= 11 is 3.44. The molecule has 0 aliphatic heterocycles. The Kier molecular flexibility index (Phi) is 5.08. The van der Waals surface area contributed by atoms with Crippen LogP contribution in [0.2, 0.25) is 0 Å². The molecule has 1 aromatic rings. The predicted octanol–water partition coefficient (Wildman–Crippen LogP) is 4.11. The van der Waals surface area contributed by atoms with E-state index in [4.69, 9.17) is 4.74 Å². The highest BCUT2D eigenvalue weighted by Gasteiger charge is 2.32. The molecular formula is C16H22BrNO2. The molecule has 3 nitrogen and oxygen atoms in total. The van der Waals surface area contributed by atoms with Crippen molar-refractivity contribution in [2.45, 2.75) is 39.2 Å². The summed E-state index contributed by atoms with van der Waals surface area (Å²) in [7, 11) is 1.63. The lowest BCUT2D eigenvalue weighted by atomic mass is 10.1. The molecule has 0 spiro atoms. The molecule has 0 unspecified atom stereocenters. The van der Waals surface area contributed by atoms with E-state index in [1.54, 1.807) is 7.11 Å². The van der Waals surface area contributed by atoms with E-state index in [-0.39, 0.29) is 5.91 Å². The third kappa shape index (κ3) is 3.75. The van der Waals surface area contributed by atoms with Crippen LogP contribution < -0.4 is 4.74 Å². The van der Waals surface area contributed by atoms with E-state index in [1.807, 2.05) is 23.1 Å². The summed E-state index contributed by atoms with van der Waals surface area (Å²) < 4.78 is 6.03. The minimum atomic E-state index is 0.136. The van der Waals surface area contributed by atoms with Gasteiger partial charge in [0.05, 0.1) is 11.6 Å². The summed E-state index contributed by atoms with van der Waals surface area (Å²) in [5.74, 6) is 1.50. The molecule has 0 aromatic heterocycles. The second-order valence-electron chi connectivity index (χ2n) is 5.76. The molecule has 0 N–H and O–H groups in total. The van der Waals surface area contributed by atoms with Crippen LogP contribution in [-0.4, -0.2) is 30.5 Å². The molecule has 110 valence electrons. The molecular weight excluding hydrogens is 318 g/mol. The van der Waals surface area contributed by atoms with Gasteiger partial charge in [0.2, 0.25) is 0 Å². The molecule has 0 radical (unpaired) electrons. The van der Waals surface area contributed by atoms with Crippen molar-refractivity contribution in [1.29, 1.82) is 0 Å². The van der Waals surface area contributed by atoms with Gasteiger partial charge in [-0.1, -0.05) is 13.8 Å². The molecule has 0 atom stereocenters. The third-order valence-corrected chi connectivity index (χ3v) is 4.21. The van der Waals surface area contributed by atoms with Gasteiger partial charge in [0.1, 0.15) is 5.75 Å². The number of carbonyl (C=O) groups is 1. The van der Waals surface area contributed by atoms with Gasteiger partial charge in [0.15, 0.2) is 0 Å². The number of nitrogens with zero attached hydrogens (tertiary/aromatic N) is 1. The van der Waals surface area contributed by atoms with Gasteiger partial charge >= 0.3 is 0 Å². The van der Waals surface area contributed by atoms with E-state index >= 15 is 0 Å². The van der Waals surface area contributed by atoms with Crippen molar-refractivity contribution in [1.82, 2.24) is 4.90 Å². The van der Waals surface area contributed by atoms with Crippen molar-refractivity contribution in [3.05, 3.63) is 28.2 Å². The summed E-state index contributed by atoms with van der Waals surface area (Å²) in [6, 6.07) is 5.98. The lowest BCUT2D eigenvalue weighted by molar-refractivity contribution is 0.0735. The Morgan fingerprint density at radius 3 is 2.65 bits per heavy atom. The normalized spacial score (nSPS) is 14.4. The van der Waals surface area contributed by atoms with Gasteiger partial charge in [-0.3, -0.25) is 4.79 Å². The largest absolute Gasteiger partial charge is 0.496 e. The second kappa shape index (κ2) is 6.61. The van der Waals surface area contributed by atoms with Gasteiger partial charge in [0.25, 0.3) is 5.91 Å². The number of benzene rings is 1. The van der Waals surface area contributed by atoms with E-state index in [2.05, 4.69) is 29.8 Å². The number of amides is 1. The minimum Gasteiger partial charge on any atom is -0.496 e.